The van der Waals surface area contributed by atoms with Crippen molar-refractivity contribution in [1.82, 2.24) is 4.98 Å². The summed E-state index contributed by atoms with van der Waals surface area (Å²) in [5.41, 5.74) is 4.01. The summed E-state index contributed by atoms with van der Waals surface area (Å²) in [6.45, 7) is 2.70. The van der Waals surface area contributed by atoms with E-state index in [1.54, 1.807) is 30.5 Å². The summed E-state index contributed by atoms with van der Waals surface area (Å²) in [6.07, 6.45) is 3.18. The molecule has 0 aliphatic heterocycles. The number of aromatic nitrogens is 1. The molecule has 0 atom stereocenters. The Kier molecular flexibility index (Phi) is 5.76. The molecule has 1 heterocycles. The number of nitrogens with one attached hydrogen (secondary N) is 2. The number of carbonyl (C=O) groups is 1. The van der Waals surface area contributed by atoms with Gasteiger partial charge in [-0.1, -0.05) is 59.1 Å². The third kappa shape index (κ3) is 4.54. The second-order valence-corrected chi connectivity index (χ2v) is 6.64. The van der Waals surface area contributed by atoms with Crippen molar-refractivity contribution in [3.05, 3.63) is 87.7 Å². The summed E-state index contributed by atoms with van der Waals surface area (Å²) in [6, 6.07) is 15.1. The zero-order valence-corrected chi connectivity index (χ0v) is 15.6. The van der Waals surface area contributed by atoms with E-state index in [-0.39, 0.29) is 5.91 Å². The maximum atomic E-state index is 12.5. The highest BCUT2D eigenvalue weighted by molar-refractivity contribution is 6.44. The monoisotopic (exact) mass is 385 g/mol. The molecule has 0 radical (unpaired) electrons. The zero-order valence-electron chi connectivity index (χ0n) is 14.1. The molecule has 4 nitrogen and oxygen atoms in total. The molecular weight excluding hydrogens is 369 g/mol. The first-order valence-electron chi connectivity index (χ1n) is 8.03. The molecule has 1 aromatic heterocycles. The number of nitrogens with zero attached hydrogens (tertiary/aromatic N) is 1. The minimum absolute atomic E-state index is 0.305. The van der Waals surface area contributed by atoms with Gasteiger partial charge in [-0.15, -0.1) is 0 Å². The Morgan fingerprint density at radius 2 is 1.85 bits per heavy atom. The maximum absolute atomic E-state index is 12.5. The number of rotatable bonds is 5. The lowest BCUT2D eigenvalue weighted by atomic mass is 10.1. The van der Waals surface area contributed by atoms with Gasteiger partial charge in [0.15, 0.2) is 0 Å². The summed E-state index contributed by atoms with van der Waals surface area (Å²) < 4.78 is 0. The van der Waals surface area contributed by atoms with E-state index in [1.807, 2.05) is 0 Å². The number of hydrogen-bond donors (Lipinski definition) is 2. The lowest BCUT2D eigenvalue weighted by Gasteiger charge is -2.10. The Morgan fingerprint density at radius 1 is 1.08 bits per heavy atom. The van der Waals surface area contributed by atoms with Crippen LogP contribution in [-0.4, -0.2) is 10.9 Å². The van der Waals surface area contributed by atoms with Crippen molar-refractivity contribution in [3.63, 3.8) is 0 Å². The van der Waals surface area contributed by atoms with Gasteiger partial charge in [0.05, 0.1) is 27.0 Å². The van der Waals surface area contributed by atoms with Gasteiger partial charge in [0, 0.05) is 18.9 Å². The molecule has 2 aromatic carbocycles. The average Bonchev–Trinajstić information content (AvgIpc) is 2.65. The van der Waals surface area contributed by atoms with Crippen molar-refractivity contribution in [3.8, 4) is 0 Å². The highest BCUT2D eigenvalue weighted by atomic mass is 35.5. The molecule has 0 spiro atoms. The van der Waals surface area contributed by atoms with E-state index in [2.05, 4.69) is 46.8 Å². The molecule has 3 aromatic rings. The average molecular weight is 386 g/mol. The van der Waals surface area contributed by atoms with Crippen LogP contribution in [0.2, 0.25) is 10.0 Å². The maximum Gasteiger partial charge on any atom is 0.257 e. The van der Waals surface area contributed by atoms with Crippen LogP contribution in [0.25, 0.3) is 0 Å². The molecule has 26 heavy (non-hydrogen) atoms. The first kappa shape index (κ1) is 18.2. The highest BCUT2D eigenvalue weighted by Gasteiger charge is 2.11. The van der Waals surface area contributed by atoms with E-state index >= 15 is 0 Å². The van der Waals surface area contributed by atoms with Crippen LogP contribution in [0.3, 0.4) is 0 Å². The molecule has 1 amide bonds. The fourth-order valence-electron chi connectivity index (χ4n) is 2.37. The molecule has 0 aliphatic carbocycles. The predicted octanol–water partition coefficient (Wildman–Crippen LogP) is 5.56. The van der Waals surface area contributed by atoms with Crippen molar-refractivity contribution in [1.29, 1.82) is 0 Å². The van der Waals surface area contributed by atoms with Crippen LogP contribution in [0, 0.1) is 6.92 Å². The first-order chi connectivity index (χ1) is 12.5. The van der Waals surface area contributed by atoms with Gasteiger partial charge in [0.2, 0.25) is 0 Å². The molecule has 0 aliphatic rings. The fraction of sp³-hybridized carbons (Fsp3) is 0.100. The third-order valence-corrected chi connectivity index (χ3v) is 4.64. The number of hydrogen-bond acceptors (Lipinski definition) is 3. The van der Waals surface area contributed by atoms with Crippen LogP contribution in [0.1, 0.15) is 21.5 Å². The second kappa shape index (κ2) is 8.21. The first-order valence-corrected chi connectivity index (χ1v) is 8.78. The van der Waals surface area contributed by atoms with E-state index < -0.39 is 0 Å². The van der Waals surface area contributed by atoms with Crippen LogP contribution in [0.5, 0.6) is 0 Å². The lowest BCUT2D eigenvalue weighted by Crippen LogP contribution is -2.13. The Balaban J connectivity index is 1.69. The SMILES string of the molecule is Cc1ccc(CNc2cncc(C(=O)Nc3cccc(Cl)c3Cl)c2)cc1. The number of amides is 1. The molecule has 0 bridgehead atoms. The van der Waals surface area contributed by atoms with Gasteiger partial charge in [-0.2, -0.15) is 0 Å². The van der Waals surface area contributed by atoms with Crippen LogP contribution >= 0.6 is 23.2 Å². The predicted molar refractivity (Wildman–Crippen MR) is 107 cm³/mol. The van der Waals surface area contributed by atoms with Gasteiger partial charge in [-0.3, -0.25) is 9.78 Å². The van der Waals surface area contributed by atoms with Crippen LogP contribution in [0.4, 0.5) is 11.4 Å². The molecule has 2 N–H and O–H groups in total. The number of carbonyl (C=O) groups excluding carboxylic acids is 1. The van der Waals surface area contributed by atoms with Gasteiger partial charge in [0.25, 0.3) is 5.91 Å². The number of halogens is 2. The largest absolute Gasteiger partial charge is 0.380 e. The van der Waals surface area contributed by atoms with Gasteiger partial charge in [-0.05, 0) is 30.7 Å². The van der Waals surface area contributed by atoms with Gasteiger partial charge in [-0.25, -0.2) is 0 Å². The number of aryl methyl sites for hydroxylation is 1. The summed E-state index contributed by atoms with van der Waals surface area (Å²) >= 11 is 12.1. The van der Waals surface area contributed by atoms with Crippen molar-refractivity contribution < 1.29 is 4.79 Å². The number of benzene rings is 2. The summed E-state index contributed by atoms with van der Waals surface area (Å²) in [4.78, 5) is 16.6. The molecular formula is C20H17Cl2N3O. The second-order valence-electron chi connectivity index (χ2n) is 5.86. The lowest BCUT2D eigenvalue weighted by molar-refractivity contribution is 0.102. The molecule has 6 heteroatoms. The highest BCUT2D eigenvalue weighted by Crippen LogP contribution is 2.29. The molecule has 0 saturated carbocycles. The quantitative estimate of drug-likeness (QED) is 0.604. The summed E-state index contributed by atoms with van der Waals surface area (Å²) in [5.74, 6) is -0.305. The van der Waals surface area contributed by atoms with Crippen molar-refractivity contribution in [2.75, 3.05) is 10.6 Å². The van der Waals surface area contributed by atoms with E-state index in [9.17, 15) is 4.79 Å². The Labute approximate surface area is 162 Å². The molecule has 132 valence electrons. The van der Waals surface area contributed by atoms with Crippen LogP contribution in [-0.2, 0) is 6.54 Å². The molecule has 0 unspecified atom stereocenters. The Bertz CT molecular complexity index is 927. The van der Waals surface area contributed by atoms with Crippen molar-refractivity contribution in [2.45, 2.75) is 13.5 Å². The number of pyridine rings is 1. The van der Waals surface area contributed by atoms with Gasteiger partial charge >= 0.3 is 0 Å². The minimum Gasteiger partial charge on any atom is -0.380 e. The summed E-state index contributed by atoms with van der Waals surface area (Å²) in [7, 11) is 0. The standard InChI is InChI=1S/C20H17Cl2N3O/c1-13-5-7-14(8-6-13)10-24-16-9-15(11-23-12-16)20(26)25-18-4-2-3-17(21)19(18)22/h2-9,11-12,24H,10H2,1H3,(H,25,26). The van der Waals surface area contributed by atoms with Gasteiger partial charge in [0.1, 0.15) is 0 Å². The van der Waals surface area contributed by atoms with E-state index in [0.29, 0.717) is 27.8 Å². The van der Waals surface area contributed by atoms with Crippen molar-refractivity contribution in [2.24, 2.45) is 0 Å². The molecule has 0 fully saturated rings. The van der Waals surface area contributed by atoms with Crippen molar-refractivity contribution >= 4 is 40.5 Å². The number of anilines is 2. The Morgan fingerprint density at radius 3 is 2.62 bits per heavy atom. The topological polar surface area (TPSA) is 54.0 Å². The normalized spacial score (nSPS) is 10.4. The van der Waals surface area contributed by atoms with E-state index in [4.69, 9.17) is 23.2 Å². The summed E-state index contributed by atoms with van der Waals surface area (Å²) in [5, 5.41) is 6.72. The van der Waals surface area contributed by atoms with Gasteiger partial charge < -0.3 is 10.6 Å². The van der Waals surface area contributed by atoms with Crippen LogP contribution in [0.15, 0.2) is 60.9 Å². The molecule has 3 rings (SSSR count). The zero-order chi connectivity index (χ0) is 18.5. The van der Waals surface area contributed by atoms with Crippen LogP contribution < -0.4 is 10.6 Å². The molecule has 0 saturated heterocycles. The smallest absolute Gasteiger partial charge is 0.257 e. The van der Waals surface area contributed by atoms with E-state index in [0.717, 1.165) is 11.3 Å². The third-order valence-electron chi connectivity index (χ3n) is 3.82. The fourth-order valence-corrected chi connectivity index (χ4v) is 2.71. The Hall–Kier alpha value is -2.56. The van der Waals surface area contributed by atoms with E-state index in [1.165, 1.54) is 11.8 Å². The minimum atomic E-state index is -0.305.